The second-order valence-electron chi connectivity index (χ2n) is 7.44. The number of carbonyl (C=O) groups excluding carboxylic acids is 1. The molecule has 0 radical (unpaired) electrons. The first-order valence-corrected chi connectivity index (χ1v) is 8.73. The number of thiocarbonyl (C=S) groups is 1. The molecule has 6 nitrogen and oxygen atoms in total. The van der Waals surface area contributed by atoms with E-state index in [9.17, 15) is 4.79 Å². The van der Waals surface area contributed by atoms with Crippen LogP contribution < -0.4 is 0 Å². The zero-order valence-electron chi connectivity index (χ0n) is 14.7. The minimum Gasteiger partial charge on any atom is -0.469 e. The summed E-state index contributed by atoms with van der Waals surface area (Å²) in [6.07, 6.45) is 1.95. The van der Waals surface area contributed by atoms with E-state index in [1.807, 2.05) is 27.8 Å². The number of hydrogen-bond donors (Lipinski definition) is 0. The van der Waals surface area contributed by atoms with Gasteiger partial charge in [0.1, 0.15) is 12.2 Å². The van der Waals surface area contributed by atoms with Crippen molar-refractivity contribution >= 4 is 23.5 Å². The molecule has 0 bridgehead atoms. The molecule has 2 heterocycles. The van der Waals surface area contributed by atoms with Crippen molar-refractivity contribution in [1.82, 2.24) is 14.7 Å². The fourth-order valence-corrected chi connectivity index (χ4v) is 3.14. The van der Waals surface area contributed by atoms with Crippen molar-refractivity contribution < 1.29 is 14.3 Å². The van der Waals surface area contributed by atoms with Crippen molar-refractivity contribution in [3.05, 3.63) is 0 Å². The number of piperidine rings is 1. The second kappa shape index (κ2) is 7.66. The lowest BCUT2D eigenvalue weighted by molar-refractivity contribution is 0.0244. The van der Waals surface area contributed by atoms with Gasteiger partial charge in [0.05, 0.1) is 13.2 Å². The van der Waals surface area contributed by atoms with E-state index in [2.05, 4.69) is 9.80 Å². The highest BCUT2D eigenvalue weighted by Gasteiger charge is 2.27. The van der Waals surface area contributed by atoms with Crippen molar-refractivity contribution in [2.45, 2.75) is 39.2 Å². The van der Waals surface area contributed by atoms with Crippen molar-refractivity contribution in [1.29, 1.82) is 0 Å². The van der Waals surface area contributed by atoms with E-state index < -0.39 is 5.60 Å². The Morgan fingerprint density at radius 2 is 2.00 bits per heavy atom. The van der Waals surface area contributed by atoms with Crippen LogP contribution in [0.3, 0.4) is 0 Å². The fourth-order valence-electron chi connectivity index (χ4n) is 2.91. The average Bonchev–Trinajstić information content (AvgIpc) is 2.84. The molecule has 0 spiro atoms. The number of nitrogens with zero attached hydrogens (tertiary/aromatic N) is 3. The SMILES string of the molecule is CN(CC1CCN(CN2CCOC2=S)CC1)C(=O)OC(C)(C)C. The summed E-state index contributed by atoms with van der Waals surface area (Å²) in [5.74, 6) is 0.533. The maximum Gasteiger partial charge on any atom is 0.410 e. The van der Waals surface area contributed by atoms with E-state index in [1.165, 1.54) is 0 Å². The van der Waals surface area contributed by atoms with Gasteiger partial charge in [-0.15, -0.1) is 0 Å². The first-order chi connectivity index (χ1) is 10.7. The first-order valence-electron chi connectivity index (χ1n) is 8.33. The van der Waals surface area contributed by atoms with Gasteiger partial charge in [-0.1, -0.05) is 0 Å². The third-order valence-corrected chi connectivity index (χ3v) is 4.54. The lowest BCUT2D eigenvalue weighted by atomic mass is 9.96. The Morgan fingerprint density at radius 1 is 1.35 bits per heavy atom. The van der Waals surface area contributed by atoms with Gasteiger partial charge in [-0.3, -0.25) is 4.90 Å². The molecule has 132 valence electrons. The van der Waals surface area contributed by atoms with Gasteiger partial charge in [0, 0.05) is 26.7 Å². The third kappa shape index (κ3) is 5.80. The van der Waals surface area contributed by atoms with Crippen molar-refractivity contribution in [2.75, 3.05) is 46.5 Å². The van der Waals surface area contributed by atoms with Crippen LogP contribution in [-0.4, -0.2) is 78.1 Å². The largest absolute Gasteiger partial charge is 0.469 e. The summed E-state index contributed by atoms with van der Waals surface area (Å²) in [5.41, 5.74) is -0.440. The van der Waals surface area contributed by atoms with Gasteiger partial charge in [-0.2, -0.15) is 0 Å². The minimum atomic E-state index is -0.440. The highest BCUT2D eigenvalue weighted by molar-refractivity contribution is 7.80. The van der Waals surface area contributed by atoms with Crippen molar-refractivity contribution in [2.24, 2.45) is 5.92 Å². The molecule has 7 heteroatoms. The Labute approximate surface area is 144 Å². The van der Waals surface area contributed by atoms with E-state index in [0.717, 1.165) is 45.7 Å². The Bertz CT molecular complexity index is 431. The zero-order chi connectivity index (χ0) is 17.0. The topological polar surface area (TPSA) is 45.2 Å². The van der Waals surface area contributed by atoms with E-state index in [0.29, 0.717) is 17.7 Å². The van der Waals surface area contributed by atoms with Gasteiger partial charge in [0.2, 0.25) is 0 Å². The maximum absolute atomic E-state index is 12.0. The number of ether oxygens (including phenoxy) is 2. The molecule has 0 aromatic carbocycles. The molecule has 0 atom stereocenters. The number of carbonyl (C=O) groups is 1. The normalized spacial score (nSPS) is 20.5. The van der Waals surface area contributed by atoms with E-state index >= 15 is 0 Å². The van der Waals surface area contributed by atoms with Crippen LogP contribution in [0.1, 0.15) is 33.6 Å². The smallest absolute Gasteiger partial charge is 0.410 e. The molecule has 0 aromatic rings. The quantitative estimate of drug-likeness (QED) is 0.729. The van der Waals surface area contributed by atoms with E-state index in [4.69, 9.17) is 21.7 Å². The number of hydrogen-bond acceptors (Lipinski definition) is 5. The molecule has 1 amide bonds. The Balaban J connectivity index is 1.70. The average molecular weight is 343 g/mol. The van der Waals surface area contributed by atoms with Crippen LogP contribution in [0.5, 0.6) is 0 Å². The molecule has 0 aromatic heterocycles. The lowest BCUT2D eigenvalue weighted by Gasteiger charge is -2.35. The van der Waals surface area contributed by atoms with Gasteiger partial charge in [0.25, 0.3) is 5.17 Å². The number of amides is 1. The summed E-state index contributed by atoms with van der Waals surface area (Å²) in [7, 11) is 1.82. The zero-order valence-corrected chi connectivity index (χ0v) is 15.5. The van der Waals surface area contributed by atoms with E-state index in [-0.39, 0.29) is 6.09 Å². The van der Waals surface area contributed by atoms with Gasteiger partial charge in [0.15, 0.2) is 0 Å². The summed E-state index contributed by atoms with van der Waals surface area (Å²) >= 11 is 5.18. The molecule has 0 saturated carbocycles. The summed E-state index contributed by atoms with van der Waals surface area (Å²) in [6.45, 7) is 11.0. The van der Waals surface area contributed by atoms with Gasteiger partial charge in [-0.25, -0.2) is 4.79 Å². The highest BCUT2D eigenvalue weighted by Crippen LogP contribution is 2.20. The summed E-state index contributed by atoms with van der Waals surface area (Å²) in [5, 5.41) is 0.622. The maximum atomic E-state index is 12.0. The minimum absolute atomic E-state index is 0.237. The van der Waals surface area contributed by atoms with Crippen LogP contribution in [0.25, 0.3) is 0 Å². The number of rotatable bonds is 4. The Hall–Kier alpha value is -1.08. The Morgan fingerprint density at radius 3 is 2.52 bits per heavy atom. The first kappa shape index (κ1) is 18.3. The van der Waals surface area contributed by atoms with Crippen molar-refractivity contribution in [3.8, 4) is 0 Å². The predicted molar refractivity (Wildman–Crippen MR) is 93.3 cm³/mol. The second-order valence-corrected chi connectivity index (χ2v) is 7.79. The van der Waals surface area contributed by atoms with Crippen LogP contribution in [-0.2, 0) is 9.47 Å². The molecule has 0 aliphatic carbocycles. The molecule has 0 N–H and O–H groups in total. The van der Waals surface area contributed by atoms with Crippen LogP contribution in [0.2, 0.25) is 0 Å². The Kier molecular flexibility index (Phi) is 6.08. The standard InChI is InChI=1S/C16H29N3O3S/c1-16(2,3)22-14(20)17(4)11-13-5-7-18(8-6-13)12-19-9-10-21-15(19)23/h13H,5-12H2,1-4H3. The van der Waals surface area contributed by atoms with Crippen LogP contribution in [0.4, 0.5) is 4.79 Å². The summed E-state index contributed by atoms with van der Waals surface area (Å²) < 4.78 is 10.7. The molecular weight excluding hydrogens is 314 g/mol. The van der Waals surface area contributed by atoms with Crippen LogP contribution >= 0.6 is 12.2 Å². The molecule has 0 unspecified atom stereocenters. The number of likely N-dealkylation sites (tertiary alicyclic amines) is 1. The molecule has 2 aliphatic rings. The lowest BCUT2D eigenvalue weighted by Crippen LogP contribution is -2.45. The van der Waals surface area contributed by atoms with Crippen LogP contribution in [0.15, 0.2) is 0 Å². The third-order valence-electron chi connectivity index (χ3n) is 4.16. The van der Waals surface area contributed by atoms with Gasteiger partial charge < -0.3 is 19.3 Å². The monoisotopic (exact) mass is 343 g/mol. The summed E-state index contributed by atoms with van der Waals surface area (Å²) in [6, 6.07) is 0. The van der Waals surface area contributed by atoms with Gasteiger partial charge >= 0.3 is 6.09 Å². The molecule has 2 rings (SSSR count). The molecule has 2 saturated heterocycles. The molecule has 23 heavy (non-hydrogen) atoms. The van der Waals surface area contributed by atoms with Crippen molar-refractivity contribution in [3.63, 3.8) is 0 Å². The summed E-state index contributed by atoms with van der Waals surface area (Å²) in [4.78, 5) is 18.2. The van der Waals surface area contributed by atoms with Gasteiger partial charge in [-0.05, 0) is 51.7 Å². The van der Waals surface area contributed by atoms with E-state index in [1.54, 1.807) is 4.90 Å². The highest BCUT2D eigenvalue weighted by atomic mass is 32.1. The molecule has 2 aliphatic heterocycles. The van der Waals surface area contributed by atoms with Crippen LogP contribution in [0, 0.1) is 5.92 Å². The molecular formula is C16H29N3O3S. The fraction of sp³-hybridized carbons (Fsp3) is 0.875. The predicted octanol–water partition coefficient (Wildman–Crippen LogP) is 2.14. The molecule has 2 fully saturated rings.